The quantitative estimate of drug-likeness (QED) is 0.785. The molecule has 0 atom stereocenters. The van der Waals surface area contributed by atoms with Crippen molar-refractivity contribution in [2.45, 2.75) is 13.3 Å². The van der Waals surface area contributed by atoms with Gasteiger partial charge >= 0.3 is 0 Å². The summed E-state index contributed by atoms with van der Waals surface area (Å²) in [6.45, 7) is 1.97. The number of ether oxygens (including phenoxy) is 1. The zero-order valence-electron chi connectivity index (χ0n) is 8.76. The summed E-state index contributed by atoms with van der Waals surface area (Å²) in [7, 11) is 3.26. The van der Waals surface area contributed by atoms with Gasteiger partial charge in [0.15, 0.2) is 0 Å². The minimum absolute atomic E-state index is 0.0101. The zero-order chi connectivity index (χ0) is 10.6. The molecule has 0 saturated heterocycles. The van der Waals surface area contributed by atoms with Gasteiger partial charge in [-0.25, -0.2) is 0 Å². The molecule has 0 fully saturated rings. The van der Waals surface area contributed by atoms with Crippen LogP contribution in [-0.2, 0) is 11.2 Å². The van der Waals surface area contributed by atoms with E-state index in [-0.39, 0.29) is 5.91 Å². The lowest BCUT2D eigenvalue weighted by Crippen LogP contribution is -2.19. The molecule has 1 N–H and O–H groups in total. The van der Waals surface area contributed by atoms with Gasteiger partial charge in [-0.2, -0.15) is 0 Å². The van der Waals surface area contributed by atoms with E-state index in [4.69, 9.17) is 4.74 Å². The van der Waals surface area contributed by atoms with Gasteiger partial charge in [-0.05, 0) is 24.1 Å². The number of carbonyl (C=O) groups excluding carboxylic acids is 1. The van der Waals surface area contributed by atoms with Crippen LogP contribution >= 0.6 is 0 Å². The number of methoxy groups -OCH3 is 1. The highest BCUT2D eigenvalue weighted by atomic mass is 16.5. The SMILES string of the molecule is CNC(=O)Cc1ccc(C)c(OC)c1. The zero-order valence-corrected chi connectivity index (χ0v) is 8.76. The molecule has 0 aliphatic carbocycles. The Balaban J connectivity index is 2.84. The molecule has 0 aliphatic rings. The Bertz CT molecular complexity index is 334. The molecular formula is C11H15NO2. The lowest BCUT2D eigenvalue weighted by Gasteiger charge is -2.06. The van der Waals surface area contributed by atoms with Crippen LogP contribution in [-0.4, -0.2) is 20.1 Å². The van der Waals surface area contributed by atoms with E-state index in [9.17, 15) is 4.79 Å². The molecule has 0 unspecified atom stereocenters. The second kappa shape index (κ2) is 4.65. The fourth-order valence-corrected chi connectivity index (χ4v) is 1.25. The normalized spacial score (nSPS) is 9.64. The number of nitrogens with one attached hydrogen (secondary N) is 1. The Hall–Kier alpha value is -1.51. The van der Waals surface area contributed by atoms with Crippen LogP contribution in [0.3, 0.4) is 0 Å². The Morgan fingerprint density at radius 3 is 2.79 bits per heavy atom. The Labute approximate surface area is 84.1 Å². The van der Waals surface area contributed by atoms with Crippen molar-refractivity contribution in [1.82, 2.24) is 5.32 Å². The average molecular weight is 193 g/mol. The third-order valence-electron chi connectivity index (χ3n) is 2.12. The predicted molar refractivity (Wildman–Crippen MR) is 55.5 cm³/mol. The molecule has 14 heavy (non-hydrogen) atoms. The fraction of sp³-hybridized carbons (Fsp3) is 0.364. The molecule has 0 heterocycles. The van der Waals surface area contributed by atoms with E-state index in [0.29, 0.717) is 6.42 Å². The Morgan fingerprint density at radius 2 is 2.21 bits per heavy atom. The van der Waals surface area contributed by atoms with Crippen LogP contribution in [0.5, 0.6) is 5.75 Å². The number of likely N-dealkylation sites (N-methyl/N-ethyl adjacent to an activating group) is 1. The minimum atomic E-state index is 0.0101. The number of aryl methyl sites for hydroxylation is 1. The number of benzene rings is 1. The Kier molecular flexibility index (Phi) is 3.51. The maximum atomic E-state index is 11.1. The van der Waals surface area contributed by atoms with Crippen LogP contribution in [0.4, 0.5) is 0 Å². The van der Waals surface area contributed by atoms with Crippen molar-refractivity contribution in [2.75, 3.05) is 14.2 Å². The minimum Gasteiger partial charge on any atom is -0.496 e. The number of amides is 1. The van der Waals surface area contributed by atoms with Crippen LogP contribution in [0.15, 0.2) is 18.2 Å². The first-order valence-corrected chi connectivity index (χ1v) is 4.51. The molecule has 1 amide bonds. The molecule has 1 rings (SSSR count). The van der Waals surface area contributed by atoms with Gasteiger partial charge in [0.2, 0.25) is 5.91 Å². The summed E-state index contributed by atoms with van der Waals surface area (Å²) in [5.41, 5.74) is 2.04. The lowest BCUT2D eigenvalue weighted by atomic mass is 10.1. The molecule has 0 radical (unpaired) electrons. The molecule has 0 saturated carbocycles. The van der Waals surface area contributed by atoms with Gasteiger partial charge in [0, 0.05) is 7.05 Å². The summed E-state index contributed by atoms with van der Waals surface area (Å²) in [5, 5.41) is 2.59. The molecule has 3 nitrogen and oxygen atoms in total. The maximum absolute atomic E-state index is 11.1. The molecule has 0 bridgehead atoms. The van der Waals surface area contributed by atoms with Crippen molar-refractivity contribution >= 4 is 5.91 Å². The van der Waals surface area contributed by atoms with Crippen LogP contribution < -0.4 is 10.1 Å². The molecule has 0 aliphatic heterocycles. The summed E-state index contributed by atoms with van der Waals surface area (Å²) in [5.74, 6) is 0.835. The molecule has 76 valence electrons. The summed E-state index contributed by atoms with van der Waals surface area (Å²) in [6, 6.07) is 5.79. The molecule has 0 aromatic heterocycles. The highest BCUT2D eigenvalue weighted by molar-refractivity contribution is 5.78. The second-order valence-corrected chi connectivity index (χ2v) is 3.15. The maximum Gasteiger partial charge on any atom is 0.224 e. The van der Waals surface area contributed by atoms with E-state index < -0.39 is 0 Å². The van der Waals surface area contributed by atoms with Crippen LogP contribution in [0.25, 0.3) is 0 Å². The first kappa shape index (κ1) is 10.6. The number of hydrogen-bond donors (Lipinski definition) is 1. The average Bonchev–Trinajstić information content (AvgIpc) is 2.20. The van der Waals surface area contributed by atoms with Gasteiger partial charge in [0.25, 0.3) is 0 Å². The fourth-order valence-electron chi connectivity index (χ4n) is 1.25. The first-order chi connectivity index (χ1) is 6.67. The monoisotopic (exact) mass is 193 g/mol. The van der Waals surface area contributed by atoms with Crippen molar-refractivity contribution in [2.24, 2.45) is 0 Å². The van der Waals surface area contributed by atoms with Crippen LogP contribution in [0.1, 0.15) is 11.1 Å². The molecule has 0 spiro atoms. The van der Waals surface area contributed by atoms with Crippen molar-refractivity contribution in [3.8, 4) is 5.75 Å². The van der Waals surface area contributed by atoms with Crippen molar-refractivity contribution in [3.63, 3.8) is 0 Å². The smallest absolute Gasteiger partial charge is 0.224 e. The van der Waals surface area contributed by atoms with Crippen molar-refractivity contribution in [1.29, 1.82) is 0 Å². The molecular weight excluding hydrogens is 178 g/mol. The van der Waals surface area contributed by atoms with Gasteiger partial charge in [-0.1, -0.05) is 12.1 Å². The second-order valence-electron chi connectivity index (χ2n) is 3.15. The number of rotatable bonds is 3. The van der Waals surface area contributed by atoms with Gasteiger partial charge in [-0.3, -0.25) is 4.79 Å². The lowest BCUT2D eigenvalue weighted by molar-refractivity contribution is -0.119. The first-order valence-electron chi connectivity index (χ1n) is 4.51. The van der Waals surface area contributed by atoms with Crippen molar-refractivity contribution < 1.29 is 9.53 Å². The molecule has 1 aromatic rings. The predicted octanol–water partition coefficient (Wildman–Crippen LogP) is 1.29. The van der Waals surface area contributed by atoms with E-state index in [1.807, 2.05) is 25.1 Å². The summed E-state index contributed by atoms with van der Waals surface area (Å²) in [4.78, 5) is 11.1. The third-order valence-corrected chi connectivity index (χ3v) is 2.12. The number of carbonyl (C=O) groups is 1. The molecule has 3 heteroatoms. The van der Waals surface area contributed by atoms with Crippen molar-refractivity contribution in [3.05, 3.63) is 29.3 Å². The van der Waals surface area contributed by atoms with Gasteiger partial charge in [0.1, 0.15) is 5.75 Å². The topological polar surface area (TPSA) is 38.3 Å². The Morgan fingerprint density at radius 1 is 1.50 bits per heavy atom. The van der Waals surface area contributed by atoms with Crippen LogP contribution in [0, 0.1) is 6.92 Å². The standard InChI is InChI=1S/C11H15NO2/c1-8-4-5-9(6-10(8)14-3)7-11(13)12-2/h4-6H,7H2,1-3H3,(H,12,13). The van der Waals surface area contributed by atoms with Gasteiger partial charge in [-0.15, -0.1) is 0 Å². The largest absolute Gasteiger partial charge is 0.496 e. The van der Waals surface area contributed by atoms with E-state index in [1.165, 1.54) is 0 Å². The number of hydrogen-bond acceptors (Lipinski definition) is 2. The van der Waals surface area contributed by atoms with Crippen LogP contribution in [0.2, 0.25) is 0 Å². The van der Waals surface area contributed by atoms with E-state index >= 15 is 0 Å². The van der Waals surface area contributed by atoms with Gasteiger partial charge < -0.3 is 10.1 Å². The third kappa shape index (κ3) is 2.49. The van der Waals surface area contributed by atoms with Gasteiger partial charge in [0.05, 0.1) is 13.5 Å². The highest BCUT2D eigenvalue weighted by Gasteiger charge is 2.03. The summed E-state index contributed by atoms with van der Waals surface area (Å²) in [6.07, 6.45) is 0.396. The highest BCUT2D eigenvalue weighted by Crippen LogP contribution is 2.19. The summed E-state index contributed by atoms with van der Waals surface area (Å²) >= 11 is 0. The van der Waals surface area contributed by atoms with E-state index in [2.05, 4.69) is 5.32 Å². The molecule has 1 aromatic carbocycles. The summed E-state index contributed by atoms with van der Waals surface area (Å²) < 4.78 is 5.17. The van der Waals surface area contributed by atoms with E-state index in [0.717, 1.165) is 16.9 Å². The van der Waals surface area contributed by atoms with E-state index in [1.54, 1.807) is 14.2 Å².